The van der Waals surface area contributed by atoms with Gasteiger partial charge in [0.05, 0.1) is 12.8 Å². The second kappa shape index (κ2) is 5.75. The summed E-state index contributed by atoms with van der Waals surface area (Å²) in [6.07, 6.45) is 1.79. The lowest BCUT2D eigenvalue weighted by molar-refractivity contribution is 0.398. The number of aromatic nitrogens is 2. The Morgan fingerprint density at radius 3 is 2.94 bits per heavy atom. The fraction of sp³-hybridized carbons (Fsp3) is 0.333. The summed E-state index contributed by atoms with van der Waals surface area (Å²) in [6, 6.07) is 3.82. The van der Waals surface area contributed by atoms with Crippen molar-refractivity contribution >= 4 is 11.3 Å². The molecule has 0 unspecified atom stereocenters. The standard InChI is InChI=1S/C12H15N3OS/c1-3-13-7-10-8-17-12(15-10)9-4-5-11(16-2)14-6-9/h4-6,8,13H,3,7H2,1-2H3. The minimum Gasteiger partial charge on any atom is -0.481 e. The van der Waals surface area contributed by atoms with E-state index in [1.165, 1.54) is 0 Å². The third-order valence-corrected chi connectivity index (χ3v) is 3.24. The Morgan fingerprint density at radius 2 is 2.29 bits per heavy atom. The van der Waals surface area contributed by atoms with E-state index in [0.29, 0.717) is 5.88 Å². The van der Waals surface area contributed by atoms with Crippen LogP contribution < -0.4 is 10.1 Å². The molecule has 0 aromatic carbocycles. The quantitative estimate of drug-likeness (QED) is 0.883. The van der Waals surface area contributed by atoms with Gasteiger partial charge < -0.3 is 10.1 Å². The molecule has 2 aromatic rings. The summed E-state index contributed by atoms with van der Waals surface area (Å²) in [5, 5.41) is 6.32. The molecule has 2 rings (SSSR count). The van der Waals surface area contributed by atoms with Crippen LogP contribution in [0, 0.1) is 0 Å². The van der Waals surface area contributed by atoms with Gasteiger partial charge in [0, 0.05) is 29.8 Å². The van der Waals surface area contributed by atoms with E-state index in [0.717, 1.165) is 29.4 Å². The van der Waals surface area contributed by atoms with Gasteiger partial charge in [-0.25, -0.2) is 9.97 Å². The SMILES string of the molecule is CCNCc1csc(-c2ccc(OC)nc2)n1. The van der Waals surface area contributed by atoms with Gasteiger partial charge >= 0.3 is 0 Å². The fourth-order valence-electron chi connectivity index (χ4n) is 1.40. The summed E-state index contributed by atoms with van der Waals surface area (Å²) in [5.74, 6) is 0.623. The molecule has 0 amide bonds. The predicted octanol–water partition coefficient (Wildman–Crippen LogP) is 2.32. The molecule has 4 nitrogen and oxygen atoms in total. The molecule has 2 heterocycles. The van der Waals surface area contributed by atoms with Crippen LogP contribution in [0.15, 0.2) is 23.7 Å². The van der Waals surface area contributed by atoms with Crippen molar-refractivity contribution in [2.24, 2.45) is 0 Å². The third-order valence-electron chi connectivity index (χ3n) is 2.30. The Labute approximate surface area is 105 Å². The first kappa shape index (κ1) is 12.0. The molecule has 5 heteroatoms. The maximum Gasteiger partial charge on any atom is 0.212 e. The number of pyridine rings is 1. The number of thiazole rings is 1. The zero-order chi connectivity index (χ0) is 12.1. The molecule has 1 N–H and O–H groups in total. The monoisotopic (exact) mass is 249 g/mol. The Morgan fingerprint density at radius 1 is 1.41 bits per heavy atom. The zero-order valence-electron chi connectivity index (χ0n) is 9.93. The molecular weight excluding hydrogens is 234 g/mol. The third kappa shape index (κ3) is 3.01. The molecule has 0 atom stereocenters. The first-order valence-electron chi connectivity index (χ1n) is 5.49. The first-order chi connectivity index (χ1) is 8.33. The van der Waals surface area contributed by atoms with Crippen molar-refractivity contribution in [1.29, 1.82) is 0 Å². The summed E-state index contributed by atoms with van der Waals surface area (Å²) in [4.78, 5) is 8.72. The van der Waals surface area contributed by atoms with Gasteiger partial charge in [0.1, 0.15) is 5.01 Å². The van der Waals surface area contributed by atoms with Gasteiger partial charge in [-0.1, -0.05) is 6.92 Å². The van der Waals surface area contributed by atoms with Gasteiger partial charge in [-0.15, -0.1) is 11.3 Å². The van der Waals surface area contributed by atoms with Gasteiger partial charge in [0.25, 0.3) is 0 Å². The summed E-state index contributed by atoms with van der Waals surface area (Å²) < 4.78 is 5.03. The van der Waals surface area contributed by atoms with Crippen LogP contribution in [-0.4, -0.2) is 23.6 Å². The van der Waals surface area contributed by atoms with Crippen LogP contribution in [-0.2, 0) is 6.54 Å². The highest BCUT2D eigenvalue weighted by Gasteiger charge is 2.05. The van der Waals surface area contributed by atoms with Crippen LogP contribution in [0.25, 0.3) is 10.6 Å². The Hall–Kier alpha value is -1.46. The molecule has 0 fully saturated rings. The highest BCUT2D eigenvalue weighted by Crippen LogP contribution is 2.24. The fourth-order valence-corrected chi connectivity index (χ4v) is 2.21. The summed E-state index contributed by atoms with van der Waals surface area (Å²) in [6.45, 7) is 3.86. The van der Waals surface area contributed by atoms with Crippen molar-refractivity contribution in [2.75, 3.05) is 13.7 Å². The Kier molecular flexibility index (Phi) is 4.06. The molecule has 17 heavy (non-hydrogen) atoms. The van der Waals surface area contributed by atoms with Gasteiger partial charge in [-0.05, 0) is 12.6 Å². The average molecular weight is 249 g/mol. The van der Waals surface area contributed by atoms with Crippen LogP contribution >= 0.6 is 11.3 Å². The summed E-state index contributed by atoms with van der Waals surface area (Å²) in [5.41, 5.74) is 2.10. The van der Waals surface area contributed by atoms with Crippen molar-refractivity contribution in [3.63, 3.8) is 0 Å². The maximum atomic E-state index is 5.03. The normalized spacial score (nSPS) is 10.5. The zero-order valence-corrected chi connectivity index (χ0v) is 10.8. The predicted molar refractivity (Wildman–Crippen MR) is 69.3 cm³/mol. The lowest BCUT2D eigenvalue weighted by Gasteiger charge is -1.99. The number of hydrogen-bond acceptors (Lipinski definition) is 5. The van der Waals surface area contributed by atoms with E-state index in [9.17, 15) is 0 Å². The molecule has 0 radical (unpaired) electrons. The largest absolute Gasteiger partial charge is 0.481 e. The number of nitrogens with one attached hydrogen (secondary N) is 1. The van der Waals surface area contributed by atoms with Crippen molar-refractivity contribution in [2.45, 2.75) is 13.5 Å². The number of nitrogens with zero attached hydrogens (tertiary/aromatic N) is 2. The maximum absolute atomic E-state index is 5.03. The average Bonchev–Trinajstić information content (AvgIpc) is 2.85. The number of methoxy groups -OCH3 is 1. The van der Waals surface area contributed by atoms with E-state index in [1.807, 2.05) is 12.1 Å². The Bertz CT molecular complexity index is 467. The van der Waals surface area contributed by atoms with Crippen LogP contribution in [0.5, 0.6) is 5.88 Å². The molecule has 0 bridgehead atoms. The molecular formula is C12H15N3OS. The van der Waals surface area contributed by atoms with E-state index < -0.39 is 0 Å². The van der Waals surface area contributed by atoms with Crippen LogP contribution in [0.4, 0.5) is 0 Å². The Balaban J connectivity index is 2.12. The molecule has 0 spiro atoms. The second-order valence-electron chi connectivity index (χ2n) is 3.51. The van der Waals surface area contributed by atoms with Gasteiger partial charge in [-0.3, -0.25) is 0 Å². The summed E-state index contributed by atoms with van der Waals surface area (Å²) in [7, 11) is 1.61. The molecule has 2 aromatic heterocycles. The van der Waals surface area contributed by atoms with Crippen LogP contribution in [0.3, 0.4) is 0 Å². The highest BCUT2D eigenvalue weighted by atomic mass is 32.1. The minimum atomic E-state index is 0.623. The van der Waals surface area contributed by atoms with Gasteiger partial charge in [0.2, 0.25) is 5.88 Å². The van der Waals surface area contributed by atoms with Crippen LogP contribution in [0.2, 0.25) is 0 Å². The topological polar surface area (TPSA) is 47.0 Å². The molecule has 0 saturated carbocycles. The molecule has 0 aliphatic rings. The number of hydrogen-bond donors (Lipinski definition) is 1. The lowest BCUT2D eigenvalue weighted by Crippen LogP contribution is -2.11. The molecule has 0 aliphatic heterocycles. The van der Waals surface area contributed by atoms with Crippen molar-refractivity contribution in [3.8, 4) is 16.5 Å². The first-order valence-corrected chi connectivity index (χ1v) is 6.37. The van der Waals surface area contributed by atoms with Gasteiger partial charge in [0.15, 0.2) is 0 Å². The highest BCUT2D eigenvalue weighted by molar-refractivity contribution is 7.13. The van der Waals surface area contributed by atoms with Crippen molar-refractivity contribution in [3.05, 3.63) is 29.4 Å². The molecule has 0 saturated heterocycles. The molecule has 0 aliphatic carbocycles. The van der Waals surface area contributed by atoms with E-state index in [4.69, 9.17) is 4.74 Å². The van der Waals surface area contributed by atoms with Crippen LogP contribution in [0.1, 0.15) is 12.6 Å². The van der Waals surface area contributed by atoms with E-state index in [1.54, 1.807) is 24.6 Å². The summed E-state index contributed by atoms with van der Waals surface area (Å²) >= 11 is 1.63. The van der Waals surface area contributed by atoms with E-state index in [-0.39, 0.29) is 0 Å². The second-order valence-corrected chi connectivity index (χ2v) is 4.37. The minimum absolute atomic E-state index is 0.623. The smallest absolute Gasteiger partial charge is 0.212 e. The van der Waals surface area contributed by atoms with E-state index >= 15 is 0 Å². The number of ether oxygens (including phenoxy) is 1. The van der Waals surface area contributed by atoms with Crippen molar-refractivity contribution in [1.82, 2.24) is 15.3 Å². The lowest BCUT2D eigenvalue weighted by atomic mass is 10.3. The van der Waals surface area contributed by atoms with Gasteiger partial charge in [-0.2, -0.15) is 0 Å². The van der Waals surface area contributed by atoms with E-state index in [2.05, 4.69) is 27.6 Å². The molecule has 90 valence electrons. The number of rotatable bonds is 5. The van der Waals surface area contributed by atoms with Crippen molar-refractivity contribution < 1.29 is 4.74 Å².